The van der Waals surface area contributed by atoms with Crippen LogP contribution in [0, 0.1) is 5.92 Å². The average Bonchev–Trinajstić information content (AvgIpc) is 3.18. The van der Waals surface area contributed by atoms with Crippen molar-refractivity contribution in [2.75, 3.05) is 13.7 Å². The largest absolute Gasteiger partial charge is 0.534 e. The number of aromatic nitrogens is 1. The third-order valence-electron chi connectivity index (χ3n) is 6.41. The summed E-state index contributed by atoms with van der Waals surface area (Å²) in [5, 5.41) is 19.0. The van der Waals surface area contributed by atoms with E-state index >= 15 is 0 Å². The van der Waals surface area contributed by atoms with Crippen molar-refractivity contribution in [1.29, 1.82) is 0 Å². The monoisotopic (exact) mass is 521 g/mol. The van der Waals surface area contributed by atoms with Crippen molar-refractivity contribution >= 4 is 12.1 Å². The zero-order valence-electron chi connectivity index (χ0n) is 22.5. The topological polar surface area (TPSA) is 126 Å². The minimum absolute atomic E-state index is 0.122. The number of carbonyl (C=O) groups is 2. The average molecular weight is 522 g/mol. The molecule has 0 saturated carbocycles. The number of ether oxygens (including phenoxy) is 4. The van der Waals surface area contributed by atoms with Crippen molar-refractivity contribution < 1.29 is 43.6 Å². The van der Waals surface area contributed by atoms with Crippen molar-refractivity contribution in [3.05, 3.63) is 42.0 Å². The molecule has 0 bridgehead atoms. The zero-order valence-corrected chi connectivity index (χ0v) is 22.5. The lowest BCUT2D eigenvalue weighted by Crippen LogP contribution is -2.32. The van der Waals surface area contributed by atoms with Crippen molar-refractivity contribution in [2.24, 2.45) is 5.92 Å². The Morgan fingerprint density at radius 2 is 1.62 bits per heavy atom. The Morgan fingerprint density at radius 3 is 2.19 bits per heavy atom. The Morgan fingerprint density at radius 1 is 1.00 bits per heavy atom. The molecule has 0 spiro atoms. The number of benzene rings is 1. The Kier molecular flexibility index (Phi) is 10.8. The minimum atomic E-state index is -1.11. The Balaban J connectivity index is 1.75. The van der Waals surface area contributed by atoms with Gasteiger partial charge in [-0.2, -0.15) is 0 Å². The molecule has 0 aliphatic carbocycles. The molecule has 2 atom stereocenters. The van der Waals surface area contributed by atoms with Crippen LogP contribution in [0.3, 0.4) is 0 Å². The van der Waals surface area contributed by atoms with Gasteiger partial charge in [0.2, 0.25) is 11.8 Å². The van der Waals surface area contributed by atoms with Gasteiger partial charge in [0.15, 0.2) is 0 Å². The standard InChI is InChI=1S/C27H39NO9/c1-7-27(5,33-6)16-17-35-26(3,4)15-14-19(2)24(31)36-21-10-8-20(9-11-21)18-34-25(32)37-28-22(29)12-13-23(28)30/h8-13,19,29-30H,7,14-18H2,1-6H3. The van der Waals surface area contributed by atoms with Crippen LogP contribution in [-0.4, -0.2) is 52.0 Å². The van der Waals surface area contributed by atoms with Crippen LogP contribution in [-0.2, 0) is 25.6 Å². The summed E-state index contributed by atoms with van der Waals surface area (Å²) in [6.07, 6.45) is 1.90. The molecule has 2 N–H and O–H groups in total. The first-order chi connectivity index (χ1) is 17.4. The van der Waals surface area contributed by atoms with Crippen LogP contribution in [0.2, 0.25) is 0 Å². The summed E-state index contributed by atoms with van der Waals surface area (Å²) in [6, 6.07) is 8.81. The van der Waals surface area contributed by atoms with E-state index in [1.165, 1.54) is 0 Å². The smallest absolute Gasteiger partial charge is 0.492 e. The normalized spacial score (nSPS) is 14.0. The molecule has 0 fully saturated rings. The van der Waals surface area contributed by atoms with Crippen LogP contribution in [0.5, 0.6) is 17.5 Å². The van der Waals surface area contributed by atoms with Crippen LogP contribution >= 0.6 is 0 Å². The Bertz CT molecular complexity index is 990. The highest BCUT2D eigenvalue weighted by molar-refractivity contribution is 5.74. The van der Waals surface area contributed by atoms with Gasteiger partial charge in [0, 0.05) is 19.2 Å². The molecule has 0 saturated heterocycles. The van der Waals surface area contributed by atoms with Crippen molar-refractivity contribution in [1.82, 2.24) is 4.73 Å². The van der Waals surface area contributed by atoms with Gasteiger partial charge in [-0.3, -0.25) is 9.63 Å². The molecule has 0 amide bonds. The van der Waals surface area contributed by atoms with E-state index < -0.39 is 17.9 Å². The summed E-state index contributed by atoms with van der Waals surface area (Å²) in [4.78, 5) is 29.0. The molecule has 2 aromatic rings. The summed E-state index contributed by atoms with van der Waals surface area (Å²) >= 11 is 0. The maximum Gasteiger partial charge on any atom is 0.534 e. The van der Waals surface area contributed by atoms with E-state index in [1.807, 2.05) is 20.8 Å². The van der Waals surface area contributed by atoms with Gasteiger partial charge in [0.05, 0.1) is 23.7 Å². The molecule has 1 aromatic heterocycles. The molecule has 10 heteroatoms. The summed E-state index contributed by atoms with van der Waals surface area (Å²) < 4.78 is 22.6. The van der Waals surface area contributed by atoms with Crippen molar-refractivity contribution in [3.63, 3.8) is 0 Å². The lowest BCUT2D eigenvalue weighted by molar-refractivity contribution is -0.139. The quantitative estimate of drug-likeness (QED) is 0.261. The third kappa shape index (κ3) is 9.62. The van der Waals surface area contributed by atoms with Crippen molar-refractivity contribution in [2.45, 2.75) is 78.1 Å². The molecule has 2 rings (SSSR count). The molecule has 10 nitrogen and oxygen atoms in total. The summed E-state index contributed by atoms with van der Waals surface area (Å²) in [7, 11) is 1.71. The maximum atomic E-state index is 12.6. The number of aromatic hydroxyl groups is 2. The zero-order chi connectivity index (χ0) is 27.6. The second-order valence-corrected chi connectivity index (χ2v) is 9.84. The molecule has 0 aliphatic rings. The van der Waals surface area contributed by atoms with Crippen LogP contribution < -0.4 is 9.57 Å². The van der Waals surface area contributed by atoms with Gasteiger partial charge in [-0.25, -0.2) is 4.79 Å². The van der Waals surface area contributed by atoms with Gasteiger partial charge in [-0.05, 0) is 64.2 Å². The highest BCUT2D eigenvalue weighted by Gasteiger charge is 2.26. The predicted octanol–water partition coefficient (Wildman–Crippen LogP) is 4.99. The van der Waals surface area contributed by atoms with E-state index in [1.54, 1.807) is 31.4 Å². The van der Waals surface area contributed by atoms with Gasteiger partial charge in [-0.1, -0.05) is 26.0 Å². The Labute approximate surface area is 218 Å². The molecule has 0 aliphatic heterocycles. The number of esters is 1. The van der Waals surface area contributed by atoms with E-state index in [-0.39, 0.29) is 29.7 Å². The van der Waals surface area contributed by atoms with Crippen molar-refractivity contribution in [3.8, 4) is 17.5 Å². The van der Waals surface area contributed by atoms with E-state index in [4.69, 9.17) is 23.8 Å². The molecule has 0 radical (unpaired) electrons. The van der Waals surface area contributed by atoms with Gasteiger partial charge < -0.3 is 29.2 Å². The summed E-state index contributed by atoms with van der Waals surface area (Å²) in [5.74, 6) is -1.19. The molecular formula is C27H39NO9. The number of hydrogen-bond acceptors (Lipinski definition) is 9. The molecule has 206 valence electrons. The van der Waals surface area contributed by atoms with Crippen LogP contribution in [0.4, 0.5) is 4.79 Å². The number of hydrogen-bond donors (Lipinski definition) is 2. The first-order valence-electron chi connectivity index (χ1n) is 12.3. The molecule has 1 aromatic carbocycles. The van der Waals surface area contributed by atoms with Crippen LogP contribution in [0.15, 0.2) is 36.4 Å². The van der Waals surface area contributed by atoms with Gasteiger partial charge in [-0.15, -0.1) is 4.73 Å². The van der Waals surface area contributed by atoms with Crippen LogP contribution in [0.1, 0.15) is 65.9 Å². The fourth-order valence-electron chi connectivity index (χ4n) is 3.33. The predicted molar refractivity (Wildman–Crippen MR) is 135 cm³/mol. The fraction of sp³-hybridized carbons (Fsp3) is 0.556. The second-order valence-electron chi connectivity index (χ2n) is 9.84. The minimum Gasteiger partial charge on any atom is -0.492 e. The number of rotatable bonds is 14. The number of carbonyl (C=O) groups excluding carboxylic acids is 2. The number of methoxy groups -OCH3 is 1. The summed E-state index contributed by atoms with van der Waals surface area (Å²) in [5.41, 5.74) is 0.0466. The first-order valence-corrected chi connectivity index (χ1v) is 12.3. The summed E-state index contributed by atoms with van der Waals surface area (Å²) in [6.45, 7) is 10.5. The van der Waals surface area contributed by atoms with Gasteiger partial charge in [0.1, 0.15) is 12.4 Å². The lowest BCUT2D eigenvalue weighted by atomic mass is 9.95. The maximum absolute atomic E-state index is 12.6. The first kappa shape index (κ1) is 30.0. The molecule has 37 heavy (non-hydrogen) atoms. The molecular weight excluding hydrogens is 482 g/mol. The highest BCUT2D eigenvalue weighted by Crippen LogP contribution is 2.25. The van der Waals surface area contributed by atoms with E-state index in [9.17, 15) is 19.8 Å². The van der Waals surface area contributed by atoms with E-state index in [0.29, 0.717) is 35.5 Å². The lowest BCUT2D eigenvalue weighted by Gasteiger charge is -2.31. The number of nitrogens with zero attached hydrogens (tertiary/aromatic N) is 1. The fourth-order valence-corrected chi connectivity index (χ4v) is 3.33. The molecule has 2 unspecified atom stereocenters. The van der Waals surface area contributed by atoms with Crippen LogP contribution in [0.25, 0.3) is 0 Å². The SMILES string of the molecule is CCC(C)(CCOC(C)(C)CCC(C)C(=O)Oc1ccc(COC(=O)On2c(O)ccc2O)cc1)OC. The van der Waals surface area contributed by atoms with E-state index in [2.05, 4.69) is 13.8 Å². The molecule has 1 heterocycles. The second kappa shape index (κ2) is 13.3. The Hall–Kier alpha value is -3.24. The van der Waals surface area contributed by atoms with Gasteiger partial charge >= 0.3 is 12.1 Å². The highest BCUT2D eigenvalue weighted by atomic mass is 16.8. The van der Waals surface area contributed by atoms with Gasteiger partial charge in [0.25, 0.3) is 0 Å². The van der Waals surface area contributed by atoms with E-state index in [0.717, 1.165) is 25.0 Å². The third-order valence-corrected chi connectivity index (χ3v) is 6.41.